The average Bonchev–Trinajstić information content (AvgIpc) is 2.91. The summed E-state index contributed by atoms with van der Waals surface area (Å²) in [5.41, 5.74) is 0. The van der Waals surface area contributed by atoms with Crippen LogP contribution in [0.3, 0.4) is 0 Å². The third-order valence-corrected chi connectivity index (χ3v) is 5.94. The zero-order chi connectivity index (χ0) is 14.8. The van der Waals surface area contributed by atoms with Gasteiger partial charge >= 0.3 is 5.97 Å². The van der Waals surface area contributed by atoms with Gasteiger partial charge in [-0.1, -0.05) is 18.9 Å². The predicted molar refractivity (Wildman–Crippen MR) is 73.6 cm³/mol. The van der Waals surface area contributed by atoms with Crippen LogP contribution in [0.2, 0.25) is 0 Å². The zero-order valence-corrected chi connectivity index (χ0v) is 12.1. The van der Waals surface area contributed by atoms with Crippen molar-refractivity contribution in [2.24, 2.45) is 5.92 Å². The summed E-state index contributed by atoms with van der Waals surface area (Å²) in [6.45, 7) is 0. The first-order chi connectivity index (χ1) is 9.46. The molecule has 0 aromatic heterocycles. The molecule has 1 fully saturated rings. The number of carbonyl (C=O) groups is 1. The maximum atomic E-state index is 12.6. The van der Waals surface area contributed by atoms with Gasteiger partial charge in [0.05, 0.1) is 12.0 Å². The van der Waals surface area contributed by atoms with E-state index in [0.29, 0.717) is 18.6 Å². The molecule has 0 saturated heterocycles. The van der Waals surface area contributed by atoms with E-state index in [1.54, 1.807) is 12.1 Å². The Morgan fingerprint density at radius 1 is 1.35 bits per heavy atom. The number of methoxy groups -OCH3 is 1. The van der Waals surface area contributed by atoms with Gasteiger partial charge in [0.15, 0.2) is 15.1 Å². The van der Waals surface area contributed by atoms with Crippen LogP contribution in [0.1, 0.15) is 25.7 Å². The van der Waals surface area contributed by atoms with E-state index >= 15 is 0 Å². The molecule has 1 aliphatic rings. The monoisotopic (exact) mass is 298 g/mol. The topological polar surface area (TPSA) is 80.7 Å². The summed E-state index contributed by atoms with van der Waals surface area (Å²) in [7, 11) is -2.45. The minimum Gasteiger partial charge on any atom is -0.497 e. The Balaban J connectivity index is 2.41. The standard InChI is InChI=1S/C14H18O5S/c1-19-11-7-4-8-12(9-11)20(17,18)13(14(15)16)10-5-2-3-6-10/h4,7-10,13H,2-3,5-6H2,1H3,(H,15,16). The summed E-state index contributed by atoms with van der Waals surface area (Å²) < 4.78 is 30.2. The highest BCUT2D eigenvalue weighted by atomic mass is 32.2. The second kappa shape index (κ2) is 5.83. The first kappa shape index (κ1) is 14.8. The quantitative estimate of drug-likeness (QED) is 0.900. The Labute approximate surface area is 118 Å². The normalized spacial score (nSPS) is 17.9. The predicted octanol–water partition coefficient (Wildman–Crippen LogP) is 2.11. The molecule has 1 unspecified atom stereocenters. The molecule has 1 saturated carbocycles. The first-order valence-electron chi connectivity index (χ1n) is 6.57. The van der Waals surface area contributed by atoms with Crippen LogP contribution >= 0.6 is 0 Å². The van der Waals surface area contributed by atoms with Crippen LogP contribution in [-0.2, 0) is 14.6 Å². The van der Waals surface area contributed by atoms with Crippen molar-refractivity contribution in [3.63, 3.8) is 0 Å². The van der Waals surface area contributed by atoms with E-state index in [1.165, 1.54) is 19.2 Å². The molecule has 6 heteroatoms. The minimum atomic E-state index is -3.90. The van der Waals surface area contributed by atoms with Crippen LogP contribution in [-0.4, -0.2) is 31.9 Å². The number of ether oxygens (including phenoxy) is 1. The largest absolute Gasteiger partial charge is 0.497 e. The Bertz CT molecular complexity index is 587. The highest BCUT2D eigenvalue weighted by Crippen LogP contribution is 2.34. The Morgan fingerprint density at radius 2 is 2.00 bits per heavy atom. The molecule has 5 nitrogen and oxygen atoms in total. The van der Waals surface area contributed by atoms with E-state index in [9.17, 15) is 18.3 Å². The van der Waals surface area contributed by atoms with E-state index in [-0.39, 0.29) is 10.8 Å². The molecule has 2 rings (SSSR count). The molecule has 0 radical (unpaired) electrons. The smallest absolute Gasteiger partial charge is 0.322 e. The van der Waals surface area contributed by atoms with Gasteiger partial charge in [0, 0.05) is 0 Å². The fourth-order valence-electron chi connectivity index (χ4n) is 2.77. The molecule has 1 aromatic carbocycles. The van der Waals surface area contributed by atoms with Gasteiger partial charge in [0.2, 0.25) is 0 Å². The van der Waals surface area contributed by atoms with E-state index in [0.717, 1.165) is 12.8 Å². The number of carboxylic acid groups (broad SMARTS) is 1. The fourth-order valence-corrected chi connectivity index (χ4v) is 4.66. The zero-order valence-electron chi connectivity index (χ0n) is 11.3. The molecular weight excluding hydrogens is 280 g/mol. The van der Waals surface area contributed by atoms with E-state index in [2.05, 4.69) is 0 Å². The molecule has 110 valence electrons. The highest BCUT2D eigenvalue weighted by Gasteiger charge is 2.41. The molecule has 0 amide bonds. The lowest BCUT2D eigenvalue weighted by Crippen LogP contribution is -2.36. The molecule has 0 heterocycles. The van der Waals surface area contributed by atoms with Crippen LogP contribution < -0.4 is 4.74 Å². The van der Waals surface area contributed by atoms with Gasteiger partial charge in [0.1, 0.15) is 5.75 Å². The molecule has 1 atom stereocenters. The maximum absolute atomic E-state index is 12.6. The second-order valence-electron chi connectivity index (χ2n) is 5.03. The summed E-state index contributed by atoms with van der Waals surface area (Å²) in [6, 6.07) is 5.98. The van der Waals surface area contributed by atoms with E-state index in [1.807, 2.05) is 0 Å². The summed E-state index contributed by atoms with van der Waals surface area (Å²) in [6.07, 6.45) is 3.09. The summed E-state index contributed by atoms with van der Waals surface area (Å²) >= 11 is 0. The van der Waals surface area contributed by atoms with Gasteiger partial charge in [-0.2, -0.15) is 0 Å². The fraction of sp³-hybridized carbons (Fsp3) is 0.500. The number of aliphatic carboxylic acids is 1. The number of sulfone groups is 1. The van der Waals surface area contributed by atoms with E-state index in [4.69, 9.17) is 4.74 Å². The molecule has 0 spiro atoms. The van der Waals surface area contributed by atoms with Crippen molar-refractivity contribution in [3.8, 4) is 5.75 Å². The molecular formula is C14H18O5S. The first-order valence-corrected chi connectivity index (χ1v) is 8.12. The molecule has 20 heavy (non-hydrogen) atoms. The second-order valence-corrected chi connectivity index (χ2v) is 7.10. The number of rotatable bonds is 5. The van der Waals surface area contributed by atoms with Gasteiger partial charge < -0.3 is 9.84 Å². The van der Waals surface area contributed by atoms with Crippen LogP contribution in [0, 0.1) is 5.92 Å². The van der Waals surface area contributed by atoms with Crippen LogP contribution in [0.25, 0.3) is 0 Å². The minimum absolute atomic E-state index is 0.0103. The lowest BCUT2D eigenvalue weighted by Gasteiger charge is -2.19. The van der Waals surface area contributed by atoms with Crippen LogP contribution in [0.4, 0.5) is 0 Å². The van der Waals surface area contributed by atoms with Crippen molar-refractivity contribution >= 4 is 15.8 Å². The molecule has 1 aliphatic carbocycles. The maximum Gasteiger partial charge on any atom is 0.322 e. The van der Waals surface area contributed by atoms with Gasteiger partial charge in [-0.05, 0) is 37.0 Å². The summed E-state index contributed by atoms with van der Waals surface area (Å²) in [4.78, 5) is 11.5. The lowest BCUT2D eigenvalue weighted by molar-refractivity contribution is -0.137. The average molecular weight is 298 g/mol. The number of hydrogen-bond acceptors (Lipinski definition) is 4. The van der Waals surface area contributed by atoms with Gasteiger partial charge in [0.25, 0.3) is 0 Å². The molecule has 1 aromatic rings. The van der Waals surface area contributed by atoms with Crippen molar-refractivity contribution in [1.82, 2.24) is 0 Å². The molecule has 1 N–H and O–H groups in total. The van der Waals surface area contributed by atoms with Crippen LogP contribution in [0.5, 0.6) is 5.75 Å². The molecule has 0 bridgehead atoms. The van der Waals surface area contributed by atoms with Crippen molar-refractivity contribution in [1.29, 1.82) is 0 Å². The van der Waals surface area contributed by atoms with Crippen molar-refractivity contribution < 1.29 is 23.1 Å². The lowest BCUT2D eigenvalue weighted by atomic mass is 10.0. The Hall–Kier alpha value is -1.56. The van der Waals surface area contributed by atoms with Gasteiger partial charge in [-0.25, -0.2) is 8.42 Å². The molecule has 0 aliphatic heterocycles. The highest BCUT2D eigenvalue weighted by molar-refractivity contribution is 7.92. The van der Waals surface area contributed by atoms with Crippen molar-refractivity contribution in [2.45, 2.75) is 35.8 Å². The third kappa shape index (κ3) is 2.80. The SMILES string of the molecule is COc1cccc(S(=O)(=O)C(C(=O)O)C2CCCC2)c1. The Morgan fingerprint density at radius 3 is 2.55 bits per heavy atom. The third-order valence-electron chi connectivity index (χ3n) is 3.78. The van der Waals surface area contributed by atoms with Crippen molar-refractivity contribution in [2.75, 3.05) is 7.11 Å². The Kier molecular flexibility index (Phi) is 4.32. The summed E-state index contributed by atoms with van der Waals surface area (Å²) in [5.74, 6) is -1.16. The van der Waals surface area contributed by atoms with Gasteiger partial charge in [-0.3, -0.25) is 4.79 Å². The number of carboxylic acids is 1. The van der Waals surface area contributed by atoms with Gasteiger partial charge in [-0.15, -0.1) is 0 Å². The van der Waals surface area contributed by atoms with Crippen molar-refractivity contribution in [3.05, 3.63) is 24.3 Å². The summed E-state index contributed by atoms with van der Waals surface area (Å²) in [5, 5.41) is 7.98. The number of benzene rings is 1. The van der Waals surface area contributed by atoms with E-state index < -0.39 is 21.1 Å². The van der Waals surface area contributed by atoms with Crippen LogP contribution in [0.15, 0.2) is 29.2 Å². The number of hydrogen-bond donors (Lipinski definition) is 1.